The Morgan fingerprint density at radius 3 is 2.88 bits per heavy atom. The molecular weight excluding hydrogens is 348 g/mol. The predicted molar refractivity (Wildman–Crippen MR) is 101 cm³/mol. The molecule has 0 aliphatic carbocycles. The number of piperidine rings is 1. The lowest BCUT2D eigenvalue weighted by Crippen LogP contribution is -2.51. The molecule has 1 atom stereocenters. The molecule has 1 N–H and O–H groups in total. The molecule has 0 spiro atoms. The van der Waals surface area contributed by atoms with Crippen LogP contribution in [0.1, 0.15) is 34.7 Å². The highest BCUT2D eigenvalue weighted by molar-refractivity contribution is 7.12. The van der Waals surface area contributed by atoms with Gasteiger partial charge in [0.1, 0.15) is 17.4 Å². The Balaban J connectivity index is 1.44. The average Bonchev–Trinajstić information content (AvgIpc) is 3.35. The minimum absolute atomic E-state index is 0.0522. The van der Waals surface area contributed by atoms with Gasteiger partial charge in [-0.1, -0.05) is 24.3 Å². The maximum atomic E-state index is 12.7. The van der Waals surface area contributed by atoms with Crippen LogP contribution in [-0.2, 0) is 11.3 Å². The molecule has 1 aliphatic heterocycles. The summed E-state index contributed by atoms with van der Waals surface area (Å²) >= 11 is 1.41. The van der Waals surface area contributed by atoms with E-state index in [9.17, 15) is 9.59 Å². The van der Waals surface area contributed by atoms with E-state index in [1.54, 1.807) is 4.90 Å². The number of hydrogen-bond acceptors (Lipinski definition) is 4. The largest absolute Gasteiger partial charge is 0.459 e. The third-order valence-electron chi connectivity index (χ3n) is 4.71. The van der Waals surface area contributed by atoms with E-state index in [4.69, 9.17) is 4.42 Å². The first-order valence-corrected chi connectivity index (χ1v) is 9.70. The number of nitrogens with one attached hydrogen (secondary N) is 1. The quantitative estimate of drug-likeness (QED) is 0.762. The number of benzene rings is 1. The maximum Gasteiger partial charge on any atom is 0.264 e. The molecule has 1 aliphatic rings. The molecule has 0 saturated carbocycles. The summed E-state index contributed by atoms with van der Waals surface area (Å²) in [4.78, 5) is 27.8. The second-order valence-electron chi connectivity index (χ2n) is 6.46. The van der Waals surface area contributed by atoms with E-state index in [-0.39, 0.29) is 11.8 Å². The van der Waals surface area contributed by atoms with Crippen LogP contribution < -0.4 is 5.32 Å². The highest BCUT2D eigenvalue weighted by atomic mass is 32.1. The predicted octanol–water partition coefficient (Wildman–Crippen LogP) is 3.81. The minimum Gasteiger partial charge on any atom is -0.459 e. The fraction of sp³-hybridized carbons (Fsp3) is 0.300. The zero-order valence-corrected chi connectivity index (χ0v) is 15.1. The summed E-state index contributed by atoms with van der Waals surface area (Å²) in [7, 11) is 0. The normalized spacial score (nSPS) is 17.4. The first-order chi connectivity index (χ1) is 12.7. The topological polar surface area (TPSA) is 62.6 Å². The van der Waals surface area contributed by atoms with Gasteiger partial charge in [0.2, 0.25) is 5.91 Å². The number of furan rings is 1. The van der Waals surface area contributed by atoms with Gasteiger partial charge < -0.3 is 14.6 Å². The van der Waals surface area contributed by atoms with E-state index < -0.39 is 6.04 Å². The Kier molecular flexibility index (Phi) is 4.75. The van der Waals surface area contributed by atoms with Crippen molar-refractivity contribution >= 4 is 34.1 Å². The Morgan fingerprint density at radius 2 is 2.08 bits per heavy atom. The first kappa shape index (κ1) is 16.8. The van der Waals surface area contributed by atoms with Crippen molar-refractivity contribution < 1.29 is 14.0 Å². The molecule has 134 valence electrons. The van der Waals surface area contributed by atoms with Crippen LogP contribution in [0.15, 0.2) is 52.3 Å². The number of thiophene rings is 1. The molecule has 0 bridgehead atoms. The molecule has 1 unspecified atom stereocenters. The van der Waals surface area contributed by atoms with Gasteiger partial charge in [0.25, 0.3) is 5.91 Å². The van der Waals surface area contributed by atoms with E-state index in [0.717, 1.165) is 23.8 Å². The van der Waals surface area contributed by atoms with Crippen molar-refractivity contribution in [2.45, 2.75) is 31.8 Å². The molecule has 2 aromatic heterocycles. The average molecular weight is 368 g/mol. The van der Waals surface area contributed by atoms with Crippen molar-refractivity contribution in [1.82, 2.24) is 10.2 Å². The third kappa shape index (κ3) is 3.37. The van der Waals surface area contributed by atoms with Crippen LogP contribution in [0.3, 0.4) is 0 Å². The van der Waals surface area contributed by atoms with Crippen LogP contribution in [0, 0.1) is 0 Å². The Hall–Kier alpha value is -2.60. The summed E-state index contributed by atoms with van der Waals surface area (Å²) < 4.78 is 5.75. The van der Waals surface area contributed by atoms with Crippen LogP contribution in [0.4, 0.5) is 0 Å². The fourth-order valence-electron chi connectivity index (χ4n) is 3.41. The number of fused-ring (bicyclic) bond motifs is 1. The molecular formula is C20H20N2O3S. The van der Waals surface area contributed by atoms with Crippen molar-refractivity contribution in [1.29, 1.82) is 0 Å². The number of rotatable bonds is 4. The molecule has 5 nitrogen and oxygen atoms in total. The molecule has 6 heteroatoms. The zero-order chi connectivity index (χ0) is 17.9. The number of amides is 2. The highest BCUT2D eigenvalue weighted by Crippen LogP contribution is 2.23. The van der Waals surface area contributed by atoms with E-state index in [1.807, 2.05) is 47.8 Å². The number of nitrogens with zero attached hydrogens (tertiary/aromatic N) is 1. The van der Waals surface area contributed by atoms with Crippen molar-refractivity contribution in [3.05, 3.63) is 58.5 Å². The number of carbonyl (C=O) groups is 2. The lowest BCUT2D eigenvalue weighted by molar-refractivity contribution is -0.126. The summed E-state index contributed by atoms with van der Waals surface area (Å²) in [5.74, 6) is 0.546. The van der Waals surface area contributed by atoms with Crippen LogP contribution >= 0.6 is 11.3 Å². The monoisotopic (exact) mass is 368 g/mol. The van der Waals surface area contributed by atoms with Crippen molar-refractivity contribution in [2.24, 2.45) is 0 Å². The zero-order valence-electron chi connectivity index (χ0n) is 14.3. The number of likely N-dealkylation sites (tertiary alicyclic amines) is 1. The second-order valence-corrected chi connectivity index (χ2v) is 7.40. The van der Waals surface area contributed by atoms with Gasteiger partial charge in [-0.25, -0.2) is 0 Å². The molecule has 4 rings (SSSR count). The summed E-state index contributed by atoms with van der Waals surface area (Å²) in [6, 6.07) is 13.0. The molecule has 26 heavy (non-hydrogen) atoms. The van der Waals surface area contributed by atoms with E-state index in [1.165, 1.54) is 11.3 Å². The van der Waals surface area contributed by atoms with Crippen LogP contribution in [0.2, 0.25) is 0 Å². The highest BCUT2D eigenvalue weighted by Gasteiger charge is 2.32. The summed E-state index contributed by atoms with van der Waals surface area (Å²) in [5.41, 5.74) is 0.809. The third-order valence-corrected chi connectivity index (χ3v) is 5.57. The maximum absolute atomic E-state index is 12.7. The molecule has 1 fully saturated rings. The Labute approximate surface area is 155 Å². The van der Waals surface area contributed by atoms with Gasteiger partial charge in [0, 0.05) is 11.9 Å². The van der Waals surface area contributed by atoms with Gasteiger partial charge in [-0.15, -0.1) is 11.3 Å². The van der Waals surface area contributed by atoms with Crippen LogP contribution in [-0.4, -0.2) is 29.3 Å². The summed E-state index contributed by atoms with van der Waals surface area (Å²) in [6.45, 7) is 0.949. The van der Waals surface area contributed by atoms with Gasteiger partial charge in [-0.2, -0.15) is 0 Å². The number of hydrogen-bond donors (Lipinski definition) is 1. The van der Waals surface area contributed by atoms with Crippen molar-refractivity contribution in [3.63, 3.8) is 0 Å². The summed E-state index contributed by atoms with van der Waals surface area (Å²) in [6.07, 6.45) is 2.59. The molecule has 0 radical (unpaired) electrons. The Bertz CT molecular complexity index is 883. The first-order valence-electron chi connectivity index (χ1n) is 8.82. The lowest BCUT2D eigenvalue weighted by Gasteiger charge is -2.34. The SMILES string of the molecule is O=C(NCc1cc2ccccc2o1)C1CCCCN1C(=O)c1cccs1. The van der Waals surface area contributed by atoms with E-state index in [2.05, 4.69) is 5.32 Å². The number of carbonyl (C=O) groups excluding carboxylic acids is 2. The van der Waals surface area contributed by atoms with Crippen molar-refractivity contribution in [3.8, 4) is 0 Å². The van der Waals surface area contributed by atoms with E-state index in [0.29, 0.717) is 30.1 Å². The molecule has 1 aromatic carbocycles. The Morgan fingerprint density at radius 1 is 1.19 bits per heavy atom. The molecule has 3 heterocycles. The molecule has 2 amide bonds. The minimum atomic E-state index is -0.414. The van der Waals surface area contributed by atoms with Gasteiger partial charge in [-0.05, 0) is 42.8 Å². The van der Waals surface area contributed by atoms with Gasteiger partial charge >= 0.3 is 0 Å². The molecule has 3 aromatic rings. The van der Waals surface area contributed by atoms with Gasteiger partial charge in [0.05, 0.1) is 11.4 Å². The summed E-state index contributed by atoms with van der Waals surface area (Å²) in [5, 5.41) is 5.84. The second kappa shape index (κ2) is 7.33. The number of para-hydroxylation sites is 1. The van der Waals surface area contributed by atoms with Gasteiger partial charge in [0.15, 0.2) is 0 Å². The molecule has 1 saturated heterocycles. The fourth-order valence-corrected chi connectivity index (χ4v) is 4.08. The van der Waals surface area contributed by atoms with Crippen molar-refractivity contribution in [2.75, 3.05) is 6.54 Å². The van der Waals surface area contributed by atoms with E-state index >= 15 is 0 Å². The van der Waals surface area contributed by atoms with Gasteiger partial charge in [-0.3, -0.25) is 9.59 Å². The van der Waals surface area contributed by atoms with Crippen LogP contribution in [0.5, 0.6) is 0 Å². The standard InChI is InChI=1S/C20H20N2O3S/c23-19(21-13-15-12-14-6-1-2-8-17(14)25-15)16-7-3-4-10-22(16)20(24)18-9-5-11-26-18/h1-2,5-6,8-9,11-12,16H,3-4,7,10,13H2,(H,21,23). The van der Waals surface area contributed by atoms with Crippen LogP contribution in [0.25, 0.3) is 11.0 Å². The lowest BCUT2D eigenvalue weighted by atomic mass is 10.0. The smallest absolute Gasteiger partial charge is 0.264 e.